The summed E-state index contributed by atoms with van der Waals surface area (Å²) in [7, 11) is 0. The van der Waals surface area contributed by atoms with Crippen LogP contribution < -0.4 is 14.8 Å². The lowest BCUT2D eigenvalue weighted by molar-refractivity contribution is -0.286. The minimum Gasteiger partial charge on any atom is -0.395 e. The Morgan fingerprint density at radius 1 is 1.12 bits per heavy atom. The average molecular weight is 360 g/mol. The van der Waals surface area contributed by atoms with Crippen LogP contribution in [-0.4, -0.2) is 17.2 Å². The molecule has 0 saturated carbocycles. The summed E-state index contributed by atoms with van der Waals surface area (Å²) in [6, 6.07) is 5.24. The molecule has 1 amide bonds. The Morgan fingerprint density at radius 3 is 2.44 bits per heavy atom. The van der Waals surface area contributed by atoms with Crippen molar-refractivity contribution in [2.45, 2.75) is 19.4 Å². The van der Waals surface area contributed by atoms with Crippen molar-refractivity contribution in [3.8, 4) is 11.5 Å². The van der Waals surface area contributed by atoms with Gasteiger partial charge >= 0.3 is 12.5 Å². The molecule has 1 aliphatic heterocycles. The molecule has 3 rings (SSSR count). The fraction of sp³-hybridized carbons (Fsp3) is 0.200. The maximum atomic E-state index is 13.0. The van der Waals surface area contributed by atoms with Gasteiger partial charge in [0.2, 0.25) is 0 Å². The fourth-order valence-electron chi connectivity index (χ4n) is 2.18. The van der Waals surface area contributed by atoms with E-state index in [0.717, 1.165) is 12.1 Å². The van der Waals surface area contributed by atoms with E-state index in [9.17, 15) is 26.7 Å². The summed E-state index contributed by atoms with van der Waals surface area (Å²) < 4.78 is 72.1. The van der Waals surface area contributed by atoms with Crippen LogP contribution in [0.15, 0.2) is 30.3 Å². The van der Waals surface area contributed by atoms with E-state index in [-0.39, 0.29) is 28.4 Å². The molecule has 0 aliphatic carbocycles. The van der Waals surface area contributed by atoms with Crippen LogP contribution in [0.4, 0.5) is 27.6 Å². The van der Waals surface area contributed by atoms with Crippen molar-refractivity contribution >= 4 is 11.6 Å². The van der Waals surface area contributed by atoms with Gasteiger partial charge in [0.1, 0.15) is 5.69 Å². The number of anilines is 1. The van der Waals surface area contributed by atoms with Crippen molar-refractivity contribution in [2.24, 2.45) is 0 Å². The molecule has 2 heterocycles. The highest BCUT2D eigenvalue weighted by Gasteiger charge is 2.43. The van der Waals surface area contributed by atoms with Gasteiger partial charge in [0.05, 0.1) is 11.3 Å². The second kappa shape index (κ2) is 5.57. The van der Waals surface area contributed by atoms with Gasteiger partial charge < -0.3 is 14.8 Å². The van der Waals surface area contributed by atoms with E-state index in [2.05, 4.69) is 19.8 Å². The SMILES string of the molecule is Cc1nc(C(F)(F)F)ccc1C(=O)Nc1ccc2c(c1)OC(F)(F)O2. The highest BCUT2D eigenvalue weighted by molar-refractivity contribution is 6.05. The number of hydrogen-bond donors (Lipinski definition) is 1. The summed E-state index contributed by atoms with van der Waals surface area (Å²) in [4.78, 5) is 15.5. The Kier molecular flexibility index (Phi) is 3.77. The minimum absolute atomic E-state index is 0.0870. The lowest BCUT2D eigenvalue weighted by Crippen LogP contribution is -2.25. The Bertz CT molecular complexity index is 852. The number of halogens is 5. The summed E-state index contributed by atoms with van der Waals surface area (Å²) in [5, 5.41) is 2.37. The second-order valence-corrected chi connectivity index (χ2v) is 5.11. The number of amides is 1. The highest BCUT2D eigenvalue weighted by atomic mass is 19.4. The van der Waals surface area contributed by atoms with Gasteiger partial charge in [0.15, 0.2) is 11.5 Å². The van der Waals surface area contributed by atoms with Crippen LogP contribution in [0.2, 0.25) is 0 Å². The minimum atomic E-state index is -4.62. The van der Waals surface area contributed by atoms with Crippen LogP contribution in [-0.2, 0) is 6.18 Å². The van der Waals surface area contributed by atoms with Gasteiger partial charge in [-0.05, 0) is 31.2 Å². The van der Waals surface area contributed by atoms with E-state index in [1.807, 2.05) is 0 Å². The summed E-state index contributed by atoms with van der Waals surface area (Å²) in [5.41, 5.74) is -1.23. The summed E-state index contributed by atoms with van der Waals surface area (Å²) in [6.07, 6.45) is -8.42. The van der Waals surface area contributed by atoms with Crippen LogP contribution in [0.5, 0.6) is 11.5 Å². The third-order valence-corrected chi connectivity index (χ3v) is 3.28. The molecule has 25 heavy (non-hydrogen) atoms. The first-order valence-corrected chi connectivity index (χ1v) is 6.81. The van der Waals surface area contributed by atoms with E-state index in [1.165, 1.54) is 19.1 Å². The number of hydrogen-bond acceptors (Lipinski definition) is 4. The Morgan fingerprint density at radius 2 is 1.80 bits per heavy atom. The van der Waals surface area contributed by atoms with E-state index >= 15 is 0 Å². The molecule has 0 radical (unpaired) electrons. The smallest absolute Gasteiger partial charge is 0.395 e. The number of nitrogens with one attached hydrogen (secondary N) is 1. The quantitative estimate of drug-likeness (QED) is 0.823. The maximum Gasteiger partial charge on any atom is 0.586 e. The Hall–Kier alpha value is -2.91. The molecule has 0 saturated heterocycles. The monoisotopic (exact) mass is 360 g/mol. The number of alkyl halides is 5. The molecular weight excluding hydrogens is 351 g/mol. The van der Waals surface area contributed by atoms with Gasteiger partial charge in [-0.2, -0.15) is 13.2 Å². The van der Waals surface area contributed by atoms with Gasteiger partial charge in [-0.25, -0.2) is 4.98 Å². The van der Waals surface area contributed by atoms with Crippen molar-refractivity contribution < 1.29 is 36.2 Å². The topological polar surface area (TPSA) is 60.5 Å². The van der Waals surface area contributed by atoms with E-state index in [0.29, 0.717) is 6.07 Å². The lowest BCUT2D eigenvalue weighted by atomic mass is 10.1. The molecule has 0 bridgehead atoms. The number of benzene rings is 1. The predicted molar refractivity (Wildman–Crippen MR) is 74.6 cm³/mol. The van der Waals surface area contributed by atoms with E-state index in [4.69, 9.17) is 0 Å². The number of aryl methyl sites for hydroxylation is 1. The first-order valence-electron chi connectivity index (χ1n) is 6.81. The van der Waals surface area contributed by atoms with Crippen molar-refractivity contribution in [2.75, 3.05) is 5.32 Å². The van der Waals surface area contributed by atoms with E-state index < -0.39 is 24.1 Å². The predicted octanol–water partition coefficient (Wildman–Crippen LogP) is 3.98. The number of rotatable bonds is 2. The van der Waals surface area contributed by atoms with Crippen molar-refractivity contribution in [1.29, 1.82) is 0 Å². The zero-order valence-corrected chi connectivity index (χ0v) is 12.4. The van der Waals surface area contributed by atoms with E-state index in [1.54, 1.807) is 0 Å². The first kappa shape index (κ1) is 16.9. The number of aromatic nitrogens is 1. The molecule has 1 N–H and O–H groups in total. The standard InChI is InChI=1S/C15H9F5N2O3/c1-7-9(3-5-12(21-7)14(16,17)18)13(23)22-8-2-4-10-11(6-8)25-15(19,20)24-10/h2-6H,1H3,(H,22,23). The molecule has 0 atom stereocenters. The number of nitrogens with zero attached hydrogens (tertiary/aromatic N) is 1. The molecule has 0 spiro atoms. The largest absolute Gasteiger partial charge is 0.586 e. The highest BCUT2D eigenvalue weighted by Crippen LogP contribution is 2.42. The first-order chi connectivity index (χ1) is 11.5. The summed E-state index contributed by atoms with van der Waals surface area (Å²) >= 11 is 0. The molecule has 1 aliphatic rings. The van der Waals surface area contributed by atoms with Crippen LogP contribution in [0.1, 0.15) is 21.7 Å². The van der Waals surface area contributed by atoms with Crippen molar-refractivity contribution in [3.63, 3.8) is 0 Å². The summed E-state index contributed by atoms with van der Waals surface area (Å²) in [6.45, 7) is 1.25. The molecule has 1 aromatic carbocycles. The fourth-order valence-corrected chi connectivity index (χ4v) is 2.18. The molecular formula is C15H9F5N2O3. The number of carbonyl (C=O) groups excluding carboxylic acids is 1. The number of carbonyl (C=O) groups is 1. The number of ether oxygens (including phenoxy) is 2. The zero-order valence-electron chi connectivity index (χ0n) is 12.4. The third kappa shape index (κ3) is 3.47. The van der Waals surface area contributed by atoms with Gasteiger partial charge in [0.25, 0.3) is 5.91 Å². The molecule has 2 aromatic rings. The Labute approximate surface area is 137 Å². The molecule has 10 heteroatoms. The third-order valence-electron chi connectivity index (χ3n) is 3.28. The van der Waals surface area contributed by atoms with Crippen molar-refractivity contribution in [1.82, 2.24) is 4.98 Å². The molecule has 1 aromatic heterocycles. The second-order valence-electron chi connectivity index (χ2n) is 5.11. The summed E-state index contributed by atoms with van der Waals surface area (Å²) in [5.74, 6) is -1.22. The number of fused-ring (bicyclic) bond motifs is 1. The average Bonchev–Trinajstić information content (AvgIpc) is 2.79. The van der Waals surface area contributed by atoms with Crippen LogP contribution in [0, 0.1) is 6.92 Å². The van der Waals surface area contributed by atoms with Crippen LogP contribution >= 0.6 is 0 Å². The Balaban J connectivity index is 1.80. The van der Waals surface area contributed by atoms with Crippen molar-refractivity contribution in [3.05, 3.63) is 47.3 Å². The van der Waals surface area contributed by atoms with Gasteiger partial charge in [-0.1, -0.05) is 0 Å². The van der Waals surface area contributed by atoms with Crippen LogP contribution in [0.25, 0.3) is 0 Å². The maximum absolute atomic E-state index is 13.0. The molecule has 0 fully saturated rings. The van der Waals surface area contributed by atoms with Gasteiger partial charge in [-0.3, -0.25) is 4.79 Å². The molecule has 0 unspecified atom stereocenters. The lowest BCUT2D eigenvalue weighted by Gasteiger charge is -2.10. The molecule has 132 valence electrons. The van der Waals surface area contributed by atoms with Gasteiger partial charge in [0, 0.05) is 11.8 Å². The van der Waals surface area contributed by atoms with Crippen LogP contribution in [0.3, 0.4) is 0 Å². The normalized spacial score (nSPS) is 15.1. The molecule has 5 nitrogen and oxygen atoms in total. The number of pyridine rings is 1. The van der Waals surface area contributed by atoms with Gasteiger partial charge in [-0.15, -0.1) is 8.78 Å². The zero-order chi connectivity index (χ0) is 18.4.